The molecule has 20 heavy (non-hydrogen) atoms. The molecule has 0 saturated carbocycles. The van der Waals surface area contributed by atoms with Gasteiger partial charge < -0.3 is 9.84 Å². The molecule has 1 atom stereocenters. The van der Waals surface area contributed by atoms with Gasteiger partial charge in [-0.2, -0.15) is 0 Å². The second-order valence-corrected chi connectivity index (χ2v) is 6.04. The van der Waals surface area contributed by atoms with Crippen molar-refractivity contribution in [2.24, 2.45) is 0 Å². The fourth-order valence-corrected chi connectivity index (χ4v) is 3.58. The van der Waals surface area contributed by atoms with Crippen LogP contribution in [-0.2, 0) is 11.3 Å². The summed E-state index contributed by atoms with van der Waals surface area (Å²) >= 11 is 3.47. The standard InChI is InChI=1S/C15H20BrNO3/c1-3-15(14(18)19)7-4-8-17(15)10-11-5-6-13(20-2)12(16)9-11/h5-6,9H,3-4,7-8,10H2,1-2H3,(H,18,19). The normalized spacial score (nSPS) is 22.9. The van der Waals surface area contributed by atoms with Crippen molar-refractivity contribution < 1.29 is 14.6 Å². The van der Waals surface area contributed by atoms with Crippen molar-refractivity contribution in [2.75, 3.05) is 13.7 Å². The van der Waals surface area contributed by atoms with Crippen LogP contribution in [0.4, 0.5) is 0 Å². The average Bonchev–Trinajstić information content (AvgIpc) is 2.83. The minimum Gasteiger partial charge on any atom is -0.496 e. The summed E-state index contributed by atoms with van der Waals surface area (Å²) in [6.45, 7) is 3.45. The van der Waals surface area contributed by atoms with Crippen LogP contribution in [0.15, 0.2) is 22.7 Å². The lowest BCUT2D eigenvalue weighted by Gasteiger charge is -2.34. The zero-order chi connectivity index (χ0) is 14.8. The molecule has 1 aromatic rings. The van der Waals surface area contributed by atoms with Gasteiger partial charge in [0.05, 0.1) is 11.6 Å². The summed E-state index contributed by atoms with van der Waals surface area (Å²) in [5, 5.41) is 9.58. The van der Waals surface area contributed by atoms with Gasteiger partial charge in [0, 0.05) is 6.54 Å². The van der Waals surface area contributed by atoms with Gasteiger partial charge in [-0.05, 0) is 59.4 Å². The number of methoxy groups -OCH3 is 1. The van der Waals surface area contributed by atoms with E-state index in [2.05, 4.69) is 20.8 Å². The highest BCUT2D eigenvalue weighted by Crippen LogP contribution is 2.35. The van der Waals surface area contributed by atoms with Crippen molar-refractivity contribution >= 4 is 21.9 Å². The van der Waals surface area contributed by atoms with Crippen LogP contribution in [0.25, 0.3) is 0 Å². The highest BCUT2D eigenvalue weighted by Gasteiger charge is 2.45. The number of hydrogen-bond donors (Lipinski definition) is 1. The van der Waals surface area contributed by atoms with Crippen LogP contribution < -0.4 is 4.74 Å². The predicted octanol–water partition coefficient (Wildman–Crippen LogP) is 3.29. The second-order valence-electron chi connectivity index (χ2n) is 5.18. The number of halogens is 1. The number of nitrogens with zero attached hydrogens (tertiary/aromatic N) is 1. The van der Waals surface area contributed by atoms with E-state index < -0.39 is 11.5 Å². The summed E-state index contributed by atoms with van der Waals surface area (Å²) in [6, 6.07) is 5.90. The number of carbonyl (C=O) groups is 1. The zero-order valence-corrected chi connectivity index (χ0v) is 13.4. The first-order chi connectivity index (χ1) is 9.53. The molecule has 0 amide bonds. The molecule has 1 heterocycles. The van der Waals surface area contributed by atoms with E-state index in [1.807, 2.05) is 25.1 Å². The summed E-state index contributed by atoms with van der Waals surface area (Å²) in [6.07, 6.45) is 2.31. The first kappa shape index (κ1) is 15.3. The summed E-state index contributed by atoms with van der Waals surface area (Å²) in [5.41, 5.74) is 0.394. The number of aliphatic carboxylic acids is 1. The minimum absolute atomic E-state index is 0.639. The number of likely N-dealkylation sites (tertiary alicyclic amines) is 1. The molecule has 1 saturated heterocycles. The van der Waals surface area contributed by atoms with E-state index in [4.69, 9.17) is 4.74 Å². The molecule has 1 fully saturated rings. The Bertz CT molecular complexity index is 506. The van der Waals surface area contributed by atoms with Crippen LogP contribution in [0, 0.1) is 0 Å². The summed E-state index contributed by atoms with van der Waals surface area (Å²) in [5.74, 6) is 0.0836. The number of ether oxygens (including phenoxy) is 1. The van der Waals surface area contributed by atoms with Gasteiger partial charge in [-0.1, -0.05) is 13.0 Å². The molecule has 0 spiro atoms. The third kappa shape index (κ3) is 2.69. The SMILES string of the molecule is CCC1(C(=O)O)CCCN1Cc1ccc(OC)c(Br)c1. The Balaban J connectivity index is 2.20. The van der Waals surface area contributed by atoms with E-state index in [1.54, 1.807) is 7.11 Å². The van der Waals surface area contributed by atoms with Crippen molar-refractivity contribution in [1.82, 2.24) is 4.90 Å². The Morgan fingerprint density at radius 2 is 2.30 bits per heavy atom. The maximum atomic E-state index is 11.7. The Hall–Kier alpha value is -1.07. The van der Waals surface area contributed by atoms with Gasteiger partial charge in [0.15, 0.2) is 0 Å². The quantitative estimate of drug-likeness (QED) is 0.892. The van der Waals surface area contributed by atoms with Gasteiger partial charge in [-0.25, -0.2) is 0 Å². The van der Waals surface area contributed by atoms with Gasteiger partial charge in [0.25, 0.3) is 0 Å². The first-order valence-electron chi connectivity index (χ1n) is 6.84. The number of carboxylic acids is 1. The summed E-state index contributed by atoms with van der Waals surface area (Å²) in [7, 11) is 1.63. The molecule has 1 aliphatic rings. The molecule has 0 aliphatic carbocycles. The molecule has 0 bridgehead atoms. The van der Waals surface area contributed by atoms with Crippen LogP contribution in [0.5, 0.6) is 5.75 Å². The van der Waals surface area contributed by atoms with E-state index in [1.165, 1.54) is 0 Å². The van der Waals surface area contributed by atoms with Crippen molar-refractivity contribution in [2.45, 2.75) is 38.3 Å². The second kappa shape index (κ2) is 6.14. The lowest BCUT2D eigenvalue weighted by Crippen LogP contribution is -2.49. The monoisotopic (exact) mass is 341 g/mol. The topological polar surface area (TPSA) is 49.8 Å². The van der Waals surface area contributed by atoms with Gasteiger partial charge in [0.1, 0.15) is 11.3 Å². The maximum absolute atomic E-state index is 11.7. The zero-order valence-electron chi connectivity index (χ0n) is 11.9. The average molecular weight is 342 g/mol. The molecule has 0 radical (unpaired) electrons. The number of rotatable bonds is 5. The fourth-order valence-electron chi connectivity index (χ4n) is 2.99. The van der Waals surface area contributed by atoms with Gasteiger partial charge >= 0.3 is 5.97 Å². The smallest absolute Gasteiger partial charge is 0.324 e. The molecule has 1 aromatic carbocycles. The molecular formula is C15H20BrNO3. The van der Waals surface area contributed by atoms with Crippen molar-refractivity contribution in [3.8, 4) is 5.75 Å². The molecular weight excluding hydrogens is 322 g/mol. The molecule has 1 aliphatic heterocycles. The van der Waals surface area contributed by atoms with Crippen LogP contribution >= 0.6 is 15.9 Å². The third-order valence-corrected chi connectivity index (χ3v) is 4.82. The highest BCUT2D eigenvalue weighted by molar-refractivity contribution is 9.10. The molecule has 1 N–H and O–H groups in total. The van der Waals surface area contributed by atoms with Crippen LogP contribution in [0.3, 0.4) is 0 Å². The molecule has 0 aromatic heterocycles. The molecule has 110 valence electrons. The van der Waals surface area contributed by atoms with Crippen molar-refractivity contribution in [3.05, 3.63) is 28.2 Å². The molecule has 1 unspecified atom stereocenters. The highest BCUT2D eigenvalue weighted by atomic mass is 79.9. The Kier molecular flexibility index (Phi) is 4.70. The van der Waals surface area contributed by atoms with Crippen molar-refractivity contribution in [3.63, 3.8) is 0 Å². The molecule has 2 rings (SSSR count). The van der Waals surface area contributed by atoms with E-state index >= 15 is 0 Å². The Morgan fingerprint density at radius 3 is 2.85 bits per heavy atom. The lowest BCUT2D eigenvalue weighted by atomic mass is 9.92. The van der Waals surface area contributed by atoms with Crippen LogP contribution in [-0.4, -0.2) is 35.2 Å². The number of hydrogen-bond acceptors (Lipinski definition) is 3. The largest absolute Gasteiger partial charge is 0.496 e. The van der Waals surface area contributed by atoms with E-state index in [-0.39, 0.29) is 0 Å². The van der Waals surface area contributed by atoms with E-state index in [9.17, 15) is 9.90 Å². The lowest BCUT2D eigenvalue weighted by molar-refractivity contribution is -0.150. The van der Waals surface area contributed by atoms with E-state index in [0.29, 0.717) is 13.0 Å². The van der Waals surface area contributed by atoms with Gasteiger partial charge in [-0.15, -0.1) is 0 Å². The first-order valence-corrected chi connectivity index (χ1v) is 7.63. The molecule has 5 heteroatoms. The third-order valence-electron chi connectivity index (χ3n) is 4.20. The Labute approximate surface area is 127 Å². The molecule has 4 nitrogen and oxygen atoms in total. The van der Waals surface area contributed by atoms with E-state index in [0.717, 1.165) is 35.2 Å². The fraction of sp³-hybridized carbons (Fsp3) is 0.533. The summed E-state index contributed by atoms with van der Waals surface area (Å²) in [4.78, 5) is 13.7. The van der Waals surface area contributed by atoms with Gasteiger partial charge in [0.2, 0.25) is 0 Å². The van der Waals surface area contributed by atoms with Crippen LogP contribution in [0.2, 0.25) is 0 Å². The maximum Gasteiger partial charge on any atom is 0.324 e. The van der Waals surface area contributed by atoms with Crippen molar-refractivity contribution in [1.29, 1.82) is 0 Å². The number of carboxylic acid groups (broad SMARTS) is 1. The minimum atomic E-state index is -0.704. The number of benzene rings is 1. The Morgan fingerprint density at radius 1 is 1.55 bits per heavy atom. The van der Waals surface area contributed by atoms with Crippen LogP contribution in [0.1, 0.15) is 31.7 Å². The predicted molar refractivity (Wildman–Crippen MR) is 81.0 cm³/mol. The van der Waals surface area contributed by atoms with Gasteiger partial charge in [-0.3, -0.25) is 9.69 Å². The summed E-state index contributed by atoms with van der Waals surface area (Å²) < 4.78 is 6.11.